The Bertz CT molecular complexity index is 919. The van der Waals surface area contributed by atoms with Crippen molar-refractivity contribution in [3.63, 3.8) is 0 Å². The van der Waals surface area contributed by atoms with Crippen LogP contribution in [0.15, 0.2) is 47.0 Å². The topological polar surface area (TPSA) is 59.2 Å². The summed E-state index contributed by atoms with van der Waals surface area (Å²) >= 11 is 5.90. The summed E-state index contributed by atoms with van der Waals surface area (Å²) in [5.74, 6) is 0.821. The molecule has 0 radical (unpaired) electrons. The molecule has 0 N–H and O–H groups in total. The van der Waals surface area contributed by atoms with Gasteiger partial charge in [0.15, 0.2) is 0 Å². The largest absolute Gasteiger partial charge is 0.337 e. The van der Waals surface area contributed by atoms with Crippen molar-refractivity contribution in [3.8, 4) is 11.4 Å². The fourth-order valence-electron chi connectivity index (χ4n) is 2.58. The Balaban J connectivity index is 1.76. The molecule has 1 heterocycles. The summed E-state index contributed by atoms with van der Waals surface area (Å²) in [6.45, 7) is 6.76. The molecule has 3 aromatic rings. The summed E-state index contributed by atoms with van der Waals surface area (Å²) < 4.78 is 5.32. The van der Waals surface area contributed by atoms with Gasteiger partial charge >= 0.3 is 0 Å². The van der Waals surface area contributed by atoms with Gasteiger partial charge in [0.2, 0.25) is 11.7 Å². The second-order valence-corrected chi connectivity index (χ2v) is 6.57. The highest BCUT2D eigenvalue weighted by Gasteiger charge is 2.18. The van der Waals surface area contributed by atoms with Crippen LogP contribution >= 0.6 is 11.6 Å². The molecule has 134 valence electrons. The van der Waals surface area contributed by atoms with E-state index in [0.29, 0.717) is 28.8 Å². The lowest BCUT2D eigenvalue weighted by Crippen LogP contribution is -2.30. The van der Waals surface area contributed by atoms with Gasteiger partial charge in [0, 0.05) is 22.7 Å². The Hall–Kier alpha value is -2.66. The number of rotatable bonds is 5. The number of amides is 1. The minimum absolute atomic E-state index is 0.0538. The number of aryl methyl sites for hydroxylation is 2. The molecule has 0 aliphatic carbocycles. The number of hydrogen-bond donors (Lipinski definition) is 0. The summed E-state index contributed by atoms with van der Waals surface area (Å²) in [4.78, 5) is 18.9. The quantitative estimate of drug-likeness (QED) is 0.655. The second kappa shape index (κ2) is 7.70. The fourth-order valence-corrected chi connectivity index (χ4v) is 2.71. The van der Waals surface area contributed by atoms with Gasteiger partial charge in [-0.25, -0.2) is 0 Å². The maximum Gasteiger partial charge on any atom is 0.254 e. The Morgan fingerprint density at radius 3 is 2.50 bits per heavy atom. The lowest BCUT2D eigenvalue weighted by molar-refractivity contribution is 0.0734. The number of aromatic nitrogens is 2. The van der Waals surface area contributed by atoms with Crippen LogP contribution in [0, 0.1) is 13.8 Å². The van der Waals surface area contributed by atoms with Gasteiger partial charge in [0.1, 0.15) is 6.54 Å². The van der Waals surface area contributed by atoms with Gasteiger partial charge < -0.3 is 9.42 Å². The lowest BCUT2D eigenvalue weighted by Gasteiger charge is -2.19. The molecule has 0 spiro atoms. The Morgan fingerprint density at radius 2 is 1.85 bits per heavy atom. The van der Waals surface area contributed by atoms with Crippen LogP contribution in [0.4, 0.5) is 0 Å². The maximum atomic E-state index is 12.8. The highest BCUT2D eigenvalue weighted by Crippen LogP contribution is 2.20. The van der Waals surface area contributed by atoms with Crippen molar-refractivity contribution in [2.24, 2.45) is 0 Å². The van der Waals surface area contributed by atoms with Crippen molar-refractivity contribution in [1.29, 1.82) is 0 Å². The fraction of sp³-hybridized carbons (Fsp3) is 0.250. The molecular formula is C20H20ClN3O2. The van der Waals surface area contributed by atoms with Crippen LogP contribution in [0.3, 0.4) is 0 Å². The van der Waals surface area contributed by atoms with E-state index in [1.54, 1.807) is 17.0 Å². The number of carbonyl (C=O) groups is 1. The van der Waals surface area contributed by atoms with Crippen molar-refractivity contribution in [2.45, 2.75) is 27.3 Å². The summed E-state index contributed by atoms with van der Waals surface area (Å²) in [5.41, 5.74) is 3.73. The van der Waals surface area contributed by atoms with E-state index in [1.165, 1.54) is 0 Å². The first-order valence-corrected chi connectivity index (χ1v) is 8.80. The molecule has 5 nitrogen and oxygen atoms in total. The zero-order valence-electron chi connectivity index (χ0n) is 15.0. The van der Waals surface area contributed by atoms with Crippen molar-refractivity contribution in [2.75, 3.05) is 6.54 Å². The van der Waals surface area contributed by atoms with E-state index in [1.807, 2.05) is 51.1 Å². The number of nitrogens with zero attached hydrogens (tertiary/aromatic N) is 3. The Labute approximate surface area is 157 Å². The lowest BCUT2D eigenvalue weighted by atomic mass is 10.1. The summed E-state index contributed by atoms with van der Waals surface area (Å²) in [6, 6.07) is 12.9. The number of hydrogen-bond acceptors (Lipinski definition) is 4. The molecule has 0 bridgehead atoms. The summed E-state index contributed by atoms with van der Waals surface area (Å²) in [6.07, 6.45) is 0. The molecule has 0 atom stereocenters. The van der Waals surface area contributed by atoms with Crippen LogP contribution in [0.1, 0.15) is 34.3 Å². The third-order valence-electron chi connectivity index (χ3n) is 4.32. The molecule has 0 saturated heterocycles. The van der Waals surface area contributed by atoms with Crippen molar-refractivity contribution >= 4 is 17.5 Å². The van der Waals surface area contributed by atoms with E-state index in [9.17, 15) is 4.79 Å². The third-order valence-corrected chi connectivity index (χ3v) is 4.57. The van der Waals surface area contributed by atoms with Gasteiger partial charge in [-0.05, 0) is 68.3 Å². The highest BCUT2D eigenvalue weighted by molar-refractivity contribution is 6.30. The van der Waals surface area contributed by atoms with Crippen molar-refractivity contribution in [1.82, 2.24) is 15.0 Å². The van der Waals surface area contributed by atoms with Crippen molar-refractivity contribution < 1.29 is 9.32 Å². The number of carbonyl (C=O) groups excluding carboxylic acids is 1. The molecule has 1 aromatic heterocycles. The molecule has 0 unspecified atom stereocenters. The van der Waals surface area contributed by atoms with Gasteiger partial charge in [-0.15, -0.1) is 0 Å². The van der Waals surface area contributed by atoms with Gasteiger partial charge in [-0.3, -0.25) is 4.79 Å². The first kappa shape index (κ1) is 18.1. The van der Waals surface area contributed by atoms with E-state index >= 15 is 0 Å². The van der Waals surface area contributed by atoms with Gasteiger partial charge in [0.25, 0.3) is 5.91 Å². The summed E-state index contributed by atoms with van der Waals surface area (Å²) in [7, 11) is 0. The maximum absolute atomic E-state index is 12.8. The molecule has 0 aliphatic rings. The SMILES string of the molecule is CCN(Cc1nc(-c2ccc(Cl)cc2)no1)C(=O)c1ccc(C)c(C)c1. The van der Waals surface area contributed by atoms with Crippen LogP contribution in [0.5, 0.6) is 0 Å². The minimum Gasteiger partial charge on any atom is -0.337 e. The molecule has 26 heavy (non-hydrogen) atoms. The average Bonchev–Trinajstić information content (AvgIpc) is 3.10. The molecule has 2 aromatic carbocycles. The Kier molecular flexibility index (Phi) is 5.38. The zero-order valence-corrected chi connectivity index (χ0v) is 15.7. The molecule has 0 aliphatic heterocycles. The monoisotopic (exact) mass is 369 g/mol. The van der Waals surface area contributed by atoms with Crippen LogP contribution in [-0.2, 0) is 6.54 Å². The van der Waals surface area contributed by atoms with Crippen LogP contribution in [-0.4, -0.2) is 27.5 Å². The minimum atomic E-state index is -0.0538. The smallest absolute Gasteiger partial charge is 0.254 e. The predicted octanol–water partition coefficient (Wildman–Crippen LogP) is 4.67. The first-order valence-electron chi connectivity index (χ1n) is 8.43. The third kappa shape index (κ3) is 3.94. The molecular weight excluding hydrogens is 350 g/mol. The number of benzene rings is 2. The second-order valence-electron chi connectivity index (χ2n) is 6.14. The van der Waals surface area contributed by atoms with Crippen LogP contribution < -0.4 is 0 Å². The van der Waals surface area contributed by atoms with E-state index in [2.05, 4.69) is 10.1 Å². The Morgan fingerprint density at radius 1 is 1.12 bits per heavy atom. The molecule has 1 amide bonds. The highest BCUT2D eigenvalue weighted by atomic mass is 35.5. The van der Waals surface area contributed by atoms with E-state index < -0.39 is 0 Å². The first-order chi connectivity index (χ1) is 12.5. The molecule has 3 rings (SSSR count). The van der Waals surface area contributed by atoms with Gasteiger partial charge in [0.05, 0.1) is 0 Å². The predicted molar refractivity (Wildman–Crippen MR) is 101 cm³/mol. The van der Waals surface area contributed by atoms with E-state index in [0.717, 1.165) is 16.7 Å². The van der Waals surface area contributed by atoms with Crippen molar-refractivity contribution in [3.05, 3.63) is 70.1 Å². The standard InChI is InChI=1S/C20H20ClN3O2/c1-4-24(20(25)16-6-5-13(2)14(3)11-16)12-18-22-19(23-26-18)15-7-9-17(21)10-8-15/h5-11H,4,12H2,1-3H3. The number of halogens is 1. The molecule has 0 fully saturated rings. The van der Waals surface area contributed by atoms with Gasteiger partial charge in [-0.2, -0.15) is 4.98 Å². The van der Waals surface area contributed by atoms with E-state index in [4.69, 9.17) is 16.1 Å². The molecule has 0 saturated carbocycles. The zero-order chi connectivity index (χ0) is 18.7. The van der Waals surface area contributed by atoms with Crippen LogP contribution in [0.25, 0.3) is 11.4 Å². The van der Waals surface area contributed by atoms with Gasteiger partial charge in [-0.1, -0.05) is 22.8 Å². The van der Waals surface area contributed by atoms with Crippen LogP contribution in [0.2, 0.25) is 5.02 Å². The average molecular weight is 370 g/mol. The van der Waals surface area contributed by atoms with E-state index in [-0.39, 0.29) is 12.5 Å². The normalized spacial score (nSPS) is 10.8. The summed E-state index contributed by atoms with van der Waals surface area (Å²) in [5, 5.41) is 4.64. The molecule has 6 heteroatoms.